The predicted octanol–water partition coefficient (Wildman–Crippen LogP) is 2.23. The van der Waals surface area contributed by atoms with E-state index in [2.05, 4.69) is 4.98 Å². The van der Waals surface area contributed by atoms with E-state index in [1.165, 1.54) is 19.2 Å². The molecule has 2 rings (SSSR count). The molecular weight excluding hydrogens is 247 g/mol. The summed E-state index contributed by atoms with van der Waals surface area (Å²) in [5.41, 5.74) is 0.646. The van der Waals surface area contributed by atoms with Crippen LogP contribution in [-0.4, -0.2) is 21.8 Å². The van der Waals surface area contributed by atoms with Gasteiger partial charge < -0.3 is 14.4 Å². The van der Waals surface area contributed by atoms with Crippen LogP contribution < -0.4 is 4.74 Å². The maximum Gasteiger partial charge on any atom is 0.165 e. The molecule has 0 aliphatic heterocycles. The van der Waals surface area contributed by atoms with Crippen molar-refractivity contribution in [2.75, 3.05) is 7.11 Å². The molecule has 0 radical (unpaired) electrons. The van der Waals surface area contributed by atoms with Crippen molar-refractivity contribution in [3.05, 3.63) is 47.8 Å². The van der Waals surface area contributed by atoms with Gasteiger partial charge in [-0.2, -0.15) is 0 Å². The lowest BCUT2D eigenvalue weighted by molar-refractivity contribution is 0.166. The maximum atomic E-state index is 13.3. The van der Waals surface area contributed by atoms with Gasteiger partial charge in [0.1, 0.15) is 5.82 Å². The number of imidazole rings is 1. The summed E-state index contributed by atoms with van der Waals surface area (Å²) in [5.74, 6) is 0.629. The predicted molar refractivity (Wildman–Crippen MR) is 69.4 cm³/mol. The molecule has 1 aromatic heterocycles. The third kappa shape index (κ3) is 3.12. The maximum absolute atomic E-state index is 13.3. The Bertz CT molecular complexity index is 554. The standard InChI is InChI=1S/C14H17FN2O2/c1-17-8-7-16-14(17)6-5-12(18)10-3-4-11(15)13(9-10)19-2/h3-4,7-9,12,18H,5-6H2,1-2H3. The minimum atomic E-state index is -0.661. The first kappa shape index (κ1) is 13.5. The van der Waals surface area contributed by atoms with Crippen molar-refractivity contribution in [3.63, 3.8) is 0 Å². The first-order chi connectivity index (χ1) is 9.11. The molecule has 0 amide bonds. The number of ether oxygens (including phenoxy) is 1. The number of rotatable bonds is 5. The highest BCUT2D eigenvalue weighted by atomic mass is 19.1. The Labute approximate surface area is 111 Å². The van der Waals surface area contributed by atoms with E-state index < -0.39 is 11.9 Å². The van der Waals surface area contributed by atoms with Crippen molar-refractivity contribution in [3.8, 4) is 5.75 Å². The van der Waals surface area contributed by atoms with Crippen molar-refractivity contribution in [2.24, 2.45) is 7.05 Å². The monoisotopic (exact) mass is 264 g/mol. The molecule has 1 atom stereocenters. The first-order valence-electron chi connectivity index (χ1n) is 6.09. The SMILES string of the molecule is COc1cc(C(O)CCc2nccn2C)ccc1F. The average Bonchev–Trinajstić information content (AvgIpc) is 2.82. The van der Waals surface area contributed by atoms with Crippen LogP contribution in [-0.2, 0) is 13.5 Å². The first-order valence-corrected chi connectivity index (χ1v) is 6.09. The number of aromatic nitrogens is 2. The lowest BCUT2D eigenvalue weighted by Crippen LogP contribution is -2.04. The van der Waals surface area contributed by atoms with E-state index in [4.69, 9.17) is 4.74 Å². The molecule has 0 bridgehead atoms. The van der Waals surface area contributed by atoms with Crippen LogP contribution in [0.1, 0.15) is 23.9 Å². The van der Waals surface area contributed by atoms with Crippen molar-refractivity contribution in [1.82, 2.24) is 9.55 Å². The largest absolute Gasteiger partial charge is 0.494 e. The molecule has 0 aliphatic rings. The Morgan fingerprint density at radius 3 is 2.89 bits per heavy atom. The molecule has 0 aliphatic carbocycles. The van der Waals surface area contributed by atoms with Crippen molar-refractivity contribution >= 4 is 0 Å². The molecule has 0 saturated carbocycles. The topological polar surface area (TPSA) is 47.3 Å². The van der Waals surface area contributed by atoms with Gasteiger partial charge in [-0.3, -0.25) is 0 Å². The van der Waals surface area contributed by atoms with Crippen LogP contribution in [0, 0.1) is 5.82 Å². The summed E-state index contributed by atoms with van der Waals surface area (Å²) in [5, 5.41) is 10.1. The van der Waals surface area contributed by atoms with Crippen LogP contribution in [0.4, 0.5) is 4.39 Å². The molecule has 5 heteroatoms. The zero-order valence-electron chi connectivity index (χ0n) is 11.0. The normalized spacial score (nSPS) is 12.4. The fourth-order valence-electron chi connectivity index (χ4n) is 1.95. The summed E-state index contributed by atoms with van der Waals surface area (Å²) in [6.45, 7) is 0. The number of halogens is 1. The van der Waals surface area contributed by atoms with E-state index in [9.17, 15) is 9.50 Å². The van der Waals surface area contributed by atoms with Gasteiger partial charge in [0.25, 0.3) is 0 Å². The molecule has 19 heavy (non-hydrogen) atoms. The molecule has 4 nitrogen and oxygen atoms in total. The highest BCUT2D eigenvalue weighted by Crippen LogP contribution is 2.25. The number of hydrogen-bond acceptors (Lipinski definition) is 3. The molecule has 1 aromatic carbocycles. The van der Waals surface area contributed by atoms with Gasteiger partial charge in [0.15, 0.2) is 11.6 Å². The fraction of sp³-hybridized carbons (Fsp3) is 0.357. The van der Waals surface area contributed by atoms with Gasteiger partial charge in [0.05, 0.1) is 13.2 Å². The van der Waals surface area contributed by atoms with E-state index in [-0.39, 0.29) is 5.75 Å². The van der Waals surface area contributed by atoms with Gasteiger partial charge in [-0.15, -0.1) is 0 Å². The lowest BCUT2D eigenvalue weighted by atomic mass is 10.0. The number of benzene rings is 1. The molecule has 1 N–H and O–H groups in total. The van der Waals surface area contributed by atoms with E-state index in [0.717, 1.165) is 5.82 Å². The highest BCUT2D eigenvalue weighted by molar-refractivity contribution is 5.31. The Morgan fingerprint density at radius 2 is 2.26 bits per heavy atom. The molecule has 0 fully saturated rings. The van der Waals surface area contributed by atoms with Crippen LogP contribution in [0.25, 0.3) is 0 Å². The lowest BCUT2D eigenvalue weighted by Gasteiger charge is -2.12. The summed E-state index contributed by atoms with van der Waals surface area (Å²) in [4.78, 5) is 4.20. The molecule has 1 heterocycles. The Balaban J connectivity index is 2.03. The Morgan fingerprint density at radius 1 is 1.47 bits per heavy atom. The van der Waals surface area contributed by atoms with E-state index in [1.807, 2.05) is 17.8 Å². The quantitative estimate of drug-likeness (QED) is 0.901. The van der Waals surface area contributed by atoms with Gasteiger partial charge >= 0.3 is 0 Å². The summed E-state index contributed by atoms with van der Waals surface area (Å²) >= 11 is 0. The summed E-state index contributed by atoms with van der Waals surface area (Å²) in [6, 6.07) is 4.40. The second-order valence-electron chi connectivity index (χ2n) is 4.40. The Kier molecular flexibility index (Phi) is 4.16. The minimum Gasteiger partial charge on any atom is -0.494 e. The summed E-state index contributed by atoms with van der Waals surface area (Å²) in [7, 11) is 3.32. The zero-order chi connectivity index (χ0) is 13.8. The van der Waals surface area contributed by atoms with Gasteiger partial charge in [-0.25, -0.2) is 9.37 Å². The van der Waals surface area contributed by atoms with E-state index >= 15 is 0 Å². The van der Waals surface area contributed by atoms with Gasteiger partial charge in [-0.1, -0.05) is 6.07 Å². The van der Waals surface area contributed by atoms with Gasteiger partial charge in [0.2, 0.25) is 0 Å². The number of nitrogens with zero attached hydrogens (tertiary/aromatic N) is 2. The molecule has 0 spiro atoms. The molecule has 2 aromatic rings. The number of aliphatic hydroxyl groups excluding tert-OH is 1. The van der Waals surface area contributed by atoms with Crippen LogP contribution in [0.2, 0.25) is 0 Å². The van der Waals surface area contributed by atoms with Gasteiger partial charge in [-0.05, 0) is 24.1 Å². The van der Waals surface area contributed by atoms with Crippen LogP contribution in [0.3, 0.4) is 0 Å². The molecular formula is C14H17FN2O2. The van der Waals surface area contributed by atoms with Crippen molar-refractivity contribution in [1.29, 1.82) is 0 Å². The molecule has 0 saturated heterocycles. The minimum absolute atomic E-state index is 0.147. The second-order valence-corrected chi connectivity index (χ2v) is 4.40. The third-order valence-electron chi connectivity index (χ3n) is 3.12. The van der Waals surface area contributed by atoms with Crippen LogP contribution in [0.15, 0.2) is 30.6 Å². The van der Waals surface area contributed by atoms with E-state index in [1.54, 1.807) is 12.3 Å². The van der Waals surface area contributed by atoms with Crippen molar-refractivity contribution in [2.45, 2.75) is 18.9 Å². The fourth-order valence-corrected chi connectivity index (χ4v) is 1.95. The number of methoxy groups -OCH3 is 1. The van der Waals surface area contributed by atoms with Crippen LogP contribution >= 0.6 is 0 Å². The molecule has 1 unspecified atom stereocenters. The van der Waals surface area contributed by atoms with Crippen molar-refractivity contribution < 1.29 is 14.2 Å². The van der Waals surface area contributed by atoms with Gasteiger partial charge in [0, 0.05) is 25.9 Å². The number of aryl methyl sites for hydroxylation is 2. The highest BCUT2D eigenvalue weighted by Gasteiger charge is 2.12. The van der Waals surface area contributed by atoms with E-state index in [0.29, 0.717) is 18.4 Å². The summed E-state index contributed by atoms with van der Waals surface area (Å²) in [6.07, 6.45) is 4.11. The zero-order valence-corrected chi connectivity index (χ0v) is 11.0. The van der Waals surface area contributed by atoms with Crippen LogP contribution in [0.5, 0.6) is 5.75 Å². The number of aliphatic hydroxyl groups is 1. The molecule has 102 valence electrons. The smallest absolute Gasteiger partial charge is 0.165 e. The third-order valence-corrected chi connectivity index (χ3v) is 3.12. The number of hydrogen-bond donors (Lipinski definition) is 1. The average molecular weight is 264 g/mol. The summed E-state index contributed by atoms with van der Waals surface area (Å²) < 4.78 is 20.1. The second kappa shape index (κ2) is 5.84. The Hall–Kier alpha value is -1.88.